The predicted molar refractivity (Wildman–Crippen MR) is 107 cm³/mol. The molecule has 6 heteroatoms. The largest absolute Gasteiger partial charge is 0.494 e. The number of hydrogen-bond donors (Lipinski definition) is 1. The molecule has 6 nitrogen and oxygen atoms in total. The van der Waals surface area contributed by atoms with E-state index in [-0.39, 0.29) is 6.61 Å². The van der Waals surface area contributed by atoms with Gasteiger partial charge in [0, 0.05) is 69.2 Å². The van der Waals surface area contributed by atoms with Gasteiger partial charge in [-0.3, -0.25) is 14.5 Å². The van der Waals surface area contributed by atoms with Crippen LogP contribution < -0.4 is 4.74 Å². The van der Waals surface area contributed by atoms with Gasteiger partial charge in [-0.2, -0.15) is 5.10 Å². The number of aliphatic hydroxyl groups excluding tert-OH is 1. The Morgan fingerprint density at radius 1 is 1.19 bits per heavy atom. The highest BCUT2D eigenvalue weighted by Crippen LogP contribution is 2.24. The number of ether oxygens (including phenoxy) is 1. The molecule has 0 unspecified atom stereocenters. The number of para-hydroxylation sites is 1. The number of piperazine rings is 1. The molecule has 148 valence electrons. The van der Waals surface area contributed by atoms with Gasteiger partial charge in [0.2, 0.25) is 0 Å². The minimum absolute atomic E-state index is 0.218. The van der Waals surface area contributed by atoms with Crippen molar-refractivity contribution in [3.8, 4) is 5.75 Å². The van der Waals surface area contributed by atoms with Crippen LogP contribution in [0.25, 0.3) is 0 Å². The number of aromatic nitrogens is 2. The molecule has 1 aliphatic heterocycles. The van der Waals surface area contributed by atoms with Crippen molar-refractivity contribution in [3.05, 3.63) is 47.8 Å². The maximum absolute atomic E-state index is 9.57. The van der Waals surface area contributed by atoms with Gasteiger partial charge < -0.3 is 9.84 Å². The highest BCUT2D eigenvalue weighted by Gasteiger charge is 2.27. The molecule has 0 saturated carbocycles. The van der Waals surface area contributed by atoms with Crippen LogP contribution in [0, 0.1) is 0 Å². The van der Waals surface area contributed by atoms with Crippen molar-refractivity contribution in [1.29, 1.82) is 0 Å². The molecular weight excluding hydrogens is 340 g/mol. The fourth-order valence-electron chi connectivity index (χ4n) is 3.80. The summed E-state index contributed by atoms with van der Waals surface area (Å²) in [6.07, 6.45) is 4.89. The summed E-state index contributed by atoms with van der Waals surface area (Å²) >= 11 is 0. The van der Waals surface area contributed by atoms with E-state index in [2.05, 4.69) is 40.2 Å². The number of aliphatic hydroxyl groups is 1. The summed E-state index contributed by atoms with van der Waals surface area (Å²) in [4.78, 5) is 4.96. The molecule has 0 spiro atoms. The van der Waals surface area contributed by atoms with E-state index in [4.69, 9.17) is 4.74 Å². The van der Waals surface area contributed by atoms with Crippen molar-refractivity contribution < 1.29 is 9.84 Å². The molecule has 1 N–H and O–H groups in total. The third kappa shape index (κ3) is 5.31. The van der Waals surface area contributed by atoms with Crippen molar-refractivity contribution in [1.82, 2.24) is 19.6 Å². The maximum Gasteiger partial charge on any atom is 0.123 e. The molecule has 27 heavy (non-hydrogen) atoms. The molecular formula is C21H32N4O2. The number of benzene rings is 1. The average Bonchev–Trinajstić information content (AvgIpc) is 3.13. The van der Waals surface area contributed by atoms with Gasteiger partial charge in [-0.05, 0) is 26.3 Å². The first-order chi connectivity index (χ1) is 13.2. The quantitative estimate of drug-likeness (QED) is 0.732. The van der Waals surface area contributed by atoms with E-state index < -0.39 is 0 Å². The van der Waals surface area contributed by atoms with Crippen LogP contribution >= 0.6 is 0 Å². The van der Waals surface area contributed by atoms with E-state index in [1.54, 1.807) is 0 Å². The number of hydrogen-bond acceptors (Lipinski definition) is 5. The van der Waals surface area contributed by atoms with Crippen LogP contribution in [0.2, 0.25) is 0 Å². The van der Waals surface area contributed by atoms with Crippen LogP contribution in [0.1, 0.15) is 31.4 Å². The van der Waals surface area contributed by atoms with Crippen LogP contribution in [0.15, 0.2) is 36.7 Å². The number of rotatable bonds is 9. The van der Waals surface area contributed by atoms with Gasteiger partial charge in [0.1, 0.15) is 5.75 Å². The third-order valence-electron chi connectivity index (χ3n) is 5.21. The van der Waals surface area contributed by atoms with Crippen LogP contribution in [0.4, 0.5) is 0 Å². The highest BCUT2D eigenvalue weighted by molar-refractivity contribution is 5.33. The Balaban J connectivity index is 1.64. The lowest BCUT2D eigenvalue weighted by Gasteiger charge is -2.41. The third-order valence-corrected chi connectivity index (χ3v) is 5.21. The second-order valence-corrected chi connectivity index (χ2v) is 7.12. The Labute approximate surface area is 162 Å². The van der Waals surface area contributed by atoms with Gasteiger partial charge in [-0.25, -0.2) is 0 Å². The Kier molecular flexibility index (Phi) is 7.26. The molecule has 1 saturated heterocycles. The van der Waals surface area contributed by atoms with Crippen molar-refractivity contribution >= 4 is 0 Å². The lowest BCUT2D eigenvalue weighted by molar-refractivity contribution is 0.0494. The molecule has 1 aromatic carbocycles. The maximum atomic E-state index is 9.57. The fraction of sp³-hybridized carbons (Fsp3) is 0.571. The molecule has 0 radical (unpaired) electrons. The Hall–Kier alpha value is -1.89. The number of nitrogens with zero attached hydrogens (tertiary/aromatic N) is 4. The van der Waals surface area contributed by atoms with Crippen molar-refractivity contribution in [3.63, 3.8) is 0 Å². The first-order valence-electron chi connectivity index (χ1n) is 10.0. The summed E-state index contributed by atoms with van der Waals surface area (Å²) in [6.45, 7) is 10.7. The second-order valence-electron chi connectivity index (χ2n) is 7.12. The van der Waals surface area contributed by atoms with Gasteiger partial charge in [0.25, 0.3) is 0 Å². The van der Waals surface area contributed by atoms with Gasteiger partial charge in [0.15, 0.2) is 0 Å². The molecule has 3 rings (SSSR count). The van der Waals surface area contributed by atoms with Crippen molar-refractivity contribution in [2.24, 2.45) is 0 Å². The molecule has 2 aromatic rings. The highest BCUT2D eigenvalue weighted by atomic mass is 16.5. The standard InChI is InChI=1S/C21H32N4O2/c1-3-25-15-18(13-22-25)14-23-10-11-24(20(17-23)9-12-26)16-19-7-5-6-8-21(19)27-4-2/h5-8,13,15,20,26H,3-4,9-12,14,16-17H2,1-2H3/t20-/m1/s1. The van der Waals surface area contributed by atoms with Gasteiger partial charge >= 0.3 is 0 Å². The Bertz CT molecular complexity index is 703. The minimum Gasteiger partial charge on any atom is -0.494 e. The Morgan fingerprint density at radius 3 is 2.78 bits per heavy atom. The normalized spacial score (nSPS) is 18.7. The molecule has 2 heterocycles. The zero-order valence-corrected chi connectivity index (χ0v) is 16.5. The van der Waals surface area contributed by atoms with E-state index in [1.165, 1.54) is 11.1 Å². The van der Waals surface area contributed by atoms with E-state index in [9.17, 15) is 5.11 Å². The summed E-state index contributed by atoms with van der Waals surface area (Å²) < 4.78 is 7.76. The lowest BCUT2D eigenvalue weighted by atomic mass is 10.1. The van der Waals surface area contributed by atoms with E-state index in [0.29, 0.717) is 12.6 Å². The first-order valence-corrected chi connectivity index (χ1v) is 10.0. The molecule has 0 amide bonds. The topological polar surface area (TPSA) is 53.8 Å². The van der Waals surface area contributed by atoms with Crippen LogP contribution in [-0.4, -0.2) is 63.6 Å². The van der Waals surface area contributed by atoms with E-state index in [1.807, 2.05) is 29.9 Å². The molecule has 0 bridgehead atoms. The summed E-state index contributed by atoms with van der Waals surface area (Å²) in [7, 11) is 0. The van der Waals surface area contributed by atoms with Gasteiger partial charge in [-0.1, -0.05) is 18.2 Å². The predicted octanol–water partition coefficient (Wildman–Crippen LogP) is 2.37. The molecule has 1 aromatic heterocycles. The zero-order valence-electron chi connectivity index (χ0n) is 16.5. The first kappa shape index (κ1) is 19.9. The SMILES string of the molecule is CCOc1ccccc1CN1CCN(Cc2cnn(CC)c2)C[C@H]1CCO. The summed E-state index contributed by atoms with van der Waals surface area (Å²) in [6, 6.07) is 8.63. The van der Waals surface area contributed by atoms with Gasteiger partial charge in [0.05, 0.1) is 12.8 Å². The van der Waals surface area contributed by atoms with Crippen molar-refractivity contribution in [2.75, 3.05) is 32.8 Å². The van der Waals surface area contributed by atoms with Crippen LogP contribution in [-0.2, 0) is 19.6 Å². The monoisotopic (exact) mass is 372 g/mol. The van der Waals surface area contributed by atoms with E-state index in [0.717, 1.165) is 51.4 Å². The summed E-state index contributed by atoms with van der Waals surface area (Å²) in [5, 5.41) is 13.9. The lowest BCUT2D eigenvalue weighted by Crippen LogP contribution is -2.52. The van der Waals surface area contributed by atoms with Gasteiger partial charge in [-0.15, -0.1) is 0 Å². The minimum atomic E-state index is 0.218. The smallest absolute Gasteiger partial charge is 0.123 e. The fourth-order valence-corrected chi connectivity index (χ4v) is 3.80. The number of aryl methyl sites for hydroxylation is 1. The average molecular weight is 373 g/mol. The van der Waals surface area contributed by atoms with E-state index >= 15 is 0 Å². The van der Waals surface area contributed by atoms with Crippen molar-refractivity contribution in [2.45, 2.75) is 45.9 Å². The summed E-state index contributed by atoms with van der Waals surface area (Å²) in [5.74, 6) is 0.970. The van der Waals surface area contributed by atoms with Crippen LogP contribution in [0.5, 0.6) is 5.75 Å². The Morgan fingerprint density at radius 2 is 2.04 bits per heavy atom. The molecule has 1 aliphatic rings. The molecule has 1 fully saturated rings. The van der Waals surface area contributed by atoms with Crippen LogP contribution in [0.3, 0.4) is 0 Å². The summed E-state index contributed by atoms with van der Waals surface area (Å²) in [5.41, 5.74) is 2.48. The zero-order chi connectivity index (χ0) is 19.1. The molecule has 0 aliphatic carbocycles. The second kappa shape index (κ2) is 9.88. The molecule has 1 atom stereocenters.